The van der Waals surface area contributed by atoms with Crippen LogP contribution < -0.4 is 5.32 Å². The van der Waals surface area contributed by atoms with Crippen molar-refractivity contribution in [2.45, 2.75) is 51.4 Å². The third-order valence-electron chi connectivity index (χ3n) is 4.87. The summed E-state index contributed by atoms with van der Waals surface area (Å²) < 4.78 is 0. The third-order valence-corrected chi connectivity index (χ3v) is 5.94. The second-order valence-electron chi connectivity index (χ2n) is 6.71. The zero-order chi connectivity index (χ0) is 17.1. The van der Waals surface area contributed by atoms with E-state index >= 15 is 0 Å². The van der Waals surface area contributed by atoms with E-state index < -0.39 is 0 Å². The molecule has 0 bridgehead atoms. The van der Waals surface area contributed by atoms with Crippen molar-refractivity contribution in [3.63, 3.8) is 0 Å². The van der Waals surface area contributed by atoms with Crippen molar-refractivity contribution in [3.05, 3.63) is 46.6 Å². The standard InChI is InChI=1S/C20H23N3OS/c24-19(23-20-22-17-10-2-1-3-11-18(17)25-20)12-6-7-14-13-21-16-9-5-4-8-15(14)16/h4-5,8-9,13,21H,1-3,6-7,10-12H2,(H,22,23,24). The fourth-order valence-corrected chi connectivity index (χ4v) is 4.61. The van der Waals surface area contributed by atoms with Gasteiger partial charge in [-0.05, 0) is 50.2 Å². The van der Waals surface area contributed by atoms with Crippen LogP contribution in [0.25, 0.3) is 10.9 Å². The van der Waals surface area contributed by atoms with Crippen molar-refractivity contribution in [2.75, 3.05) is 5.32 Å². The Morgan fingerprint density at radius 1 is 1.20 bits per heavy atom. The number of thiazole rings is 1. The molecule has 3 aromatic rings. The number of rotatable bonds is 5. The van der Waals surface area contributed by atoms with Gasteiger partial charge in [-0.3, -0.25) is 4.79 Å². The highest BCUT2D eigenvalue weighted by Gasteiger charge is 2.15. The van der Waals surface area contributed by atoms with Crippen molar-refractivity contribution in [1.82, 2.24) is 9.97 Å². The zero-order valence-electron chi connectivity index (χ0n) is 14.3. The minimum absolute atomic E-state index is 0.0729. The molecule has 1 aromatic carbocycles. The maximum Gasteiger partial charge on any atom is 0.226 e. The van der Waals surface area contributed by atoms with Crippen molar-refractivity contribution >= 4 is 33.3 Å². The highest BCUT2D eigenvalue weighted by molar-refractivity contribution is 7.15. The van der Waals surface area contributed by atoms with Gasteiger partial charge in [0.25, 0.3) is 0 Å². The lowest BCUT2D eigenvalue weighted by atomic mass is 10.1. The van der Waals surface area contributed by atoms with Gasteiger partial charge >= 0.3 is 0 Å². The Bertz CT molecular complexity index is 857. The van der Waals surface area contributed by atoms with Crippen molar-refractivity contribution in [2.24, 2.45) is 0 Å². The van der Waals surface area contributed by atoms with Gasteiger partial charge in [-0.25, -0.2) is 4.98 Å². The summed E-state index contributed by atoms with van der Waals surface area (Å²) >= 11 is 1.66. The fourth-order valence-electron chi connectivity index (χ4n) is 3.54. The number of fused-ring (bicyclic) bond motifs is 2. The number of aryl methyl sites for hydroxylation is 3. The molecule has 2 aromatic heterocycles. The van der Waals surface area contributed by atoms with Gasteiger partial charge in [0.1, 0.15) is 0 Å². The number of H-pyrrole nitrogens is 1. The number of benzene rings is 1. The van der Waals surface area contributed by atoms with E-state index in [1.807, 2.05) is 6.07 Å². The van der Waals surface area contributed by atoms with Crippen LogP contribution in [0.3, 0.4) is 0 Å². The molecule has 0 radical (unpaired) electrons. The second-order valence-corrected chi connectivity index (χ2v) is 7.79. The van der Waals surface area contributed by atoms with E-state index in [4.69, 9.17) is 0 Å². The summed E-state index contributed by atoms with van der Waals surface area (Å²) in [5.74, 6) is 0.0729. The summed E-state index contributed by atoms with van der Waals surface area (Å²) in [6.45, 7) is 0. The average Bonchev–Trinajstić information content (AvgIpc) is 3.13. The lowest BCUT2D eigenvalue weighted by Crippen LogP contribution is -2.11. The Morgan fingerprint density at radius 3 is 3.04 bits per heavy atom. The number of para-hydroxylation sites is 1. The number of nitrogens with one attached hydrogen (secondary N) is 2. The molecule has 2 N–H and O–H groups in total. The topological polar surface area (TPSA) is 57.8 Å². The quantitative estimate of drug-likeness (QED) is 0.644. The van der Waals surface area contributed by atoms with E-state index in [2.05, 4.69) is 39.7 Å². The Kier molecular flexibility index (Phi) is 4.83. The lowest BCUT2D eigenvalue weighted by molar-refractivity contribution is -0.116. The smallest absolute Gasteiger partial charge is 0.226 e. The number of anilines is 1. The van der Waals surface area contributed by atoms with Crippen molar-refractivity contribution in [1.29, 1.82) is 0 Å². The summed E-state index contributed by atoms with van der Waals surface area (Å²) in [4.78, 5) is 21.5. The molecule has 0 unspecified atom stereocenters. The lowest BCUT2D eigenvalue weighted by Gasteiger charge is -2.02. The molecule has 4 rings (SSSR count). The van der Waals surface area contributed by atoms with Gasteiger partial charge < -0.3 is 10.3 Å². The maximum atomic E-state index is 12.2. The molecule has 1 amide bonds. The Morgan fingerprint density at radius 2 is 2.08 bits per heavy atom. The van der Waals surface area contributed by atoms with Crippen LogP contribution >= 0.6 is 11.3 Å². The molecule has 0 aliphatic heterocycles. The molecule has 1 aliphatic carbocycles. The van der Waals surface area contributed by atoms with Crippen LogP contribution in [0.15, 0.2) is 30.5 Å². The summed E-state index contributed by atoms with van der Waals surface area (Å²) in [5, 5.41) is 5.04. The van der Waals surface area contributed by atoms with E-state index in [-0.39, 0.29) is 5.91 Å². The molecule has 0 fully saturated rings. The first-order valence-electron chi connectivity index (χ1n) is 9.13. The summed E-state index contributed by atoms with van der Waals surface area (Å²) in [5.41, 5.74) is 3.65. The minimum Gasteiger partial charge on any atom is -0.361 e. The average molecular weight is 353 g/mol. The number of aromatic nitrogens is 2. The number of carbonyl (C=O) groups excluding carboxylic acids is 1. The normalized spacial score (nSPS) is 14.2. The van der Waals surface area contributed by atoms with Crippen LogP contribution in [-0.4, -0.2) is 15.9 Å². The SMILES string of the molecule is O=C(CCCc1c[nH]c2ccccc12)Nc1nc2c(s1)CCCCC2. The van der Waals surface area contributed by atoms with Crippen molar-refractivity contribution in [3.8, 4) is 0 Å². The molecule has 0 spiro atoms. The number of nitrogens with zero attached hydrogens (tertiary/aromatic N) is 1. The predicted molar refractivity (Wildman–Crippen MR) is 103 cm³/mol. The van der Waals surface area contributed by atoms with Crippen LogP contribution in [0.4, 0.5) is 5.13 Å². The number of aromatic amines is 1. The van der Waals surface area contributed by atoms with Gasteiger partial charge in [-0.15, -0.1) is 11.3 Å². The third kappa shape index (κ3) is 3.76. The fraction of sp³-hybridized carbons (Fsp3) is 0.400. The first-order valence-corrected chi connectivity index (χ1v) is 9.94. The van der Waals surface area contributed by atoms with Crippen LogP contribution in [0.2, 0.25) is 0 Å². The highest BCUT2D eigenvalue weighted by atomic mass is 32.1. The minimum atomic E-state index is 0.0729. The van der Waals surface area contributed by atoms with E-state index in [1.165, 1.54) is 40.8 Å². The second kappa shape index (κ2) is 7.40. The van der Waals surface area contributed by atoms with E-state index in [0.717, 1.165) is 36.3 Å². The molecule has 0 atom stereocenters. The molecule has 130 valence electrons. The van der Waals surface area contributed by atoms with Gasteiger partial charge in [0.2, 0.25) is 5.91 Å². The monoisotopic (exact) mass is 353 g/mol. The molecule has 5 heteroatoms. The van der Waals surface area contributed by atoms with Crippen LogP contribution in [-0.2, 0) is 24.1 Å². The summed E-state index contributed by atoms with van der Waals surface area (Å²) in [6.07, 6.45) is 10.3. The van der Waals surface area contributed by atoms with E-state index in [0.29, 0.717) is 6.42 Å². The molecule has 4 nitrogen and oxygen atoms in total. The Labute approximate surface area is 151 Å². The van der Waals surface area contributed by atoms with Crippen LogP contribution in [0.5, 0.6) is 0 Å². The van der Waals surface area contributed by atoms with Crippen LogP contribution in [0, 0.1) is 0 Å². The Balaban J connectivity index is 1.31. The molecule has 2 heterocycles. The maximum absolute atomic E-state index is 12.2. The summed E-state index contributed by atoms with van der Waals surface area (Å²) in [7, 11) is 0. The highest BCUT2D eigenvalue weighted by Crippen LogP contribution is 2.29. The van der Waals surface area contributed by atoms with Gasteiger partial charge in [0.05, 0.1) is 5.69 Å². The molecule has 0 saturated heterocycles. The molecule has 25 heavy (non-hydrogen) atoms. The first kappa shape index (κ1) is 16.3. The predicted octanol–water partition coefficient (Wildman–Crippen LogP) is 4.85. The molecular weight excluding hydrogens is 330 g/mol. The van der Waals surface area contributed by atoms with Gasteiger partial charge in [-0.2, -0.15) is 0 Å². The summed E-state index contributed by atoms with van der Waals surface area (Å²) in [6, 6.07) is 8.30. The number of hydrogen-bond donors (Lipinski definition) is 2. The largest absolute Gasteiger partial charge is 0.361 e. The van der Waals surface area contributed by atoms with E-state index in [1.54, 1.807) is 11.3 Å². The zero-order valence-corrected chi connectivity index (χ0v) is 15.1. The van der Waals surface area contributed by atoms with Gasteiger partial charge in [0.15, 0.2) is 5.13 Å². The number of hydrogen-bond acceptors (Lipinski definition) is 3. The Hall–Kier alpha value is -2.14. The molecular formula is C20H23N3OS. The van der Waals surface area contributed by atoms with E-state index in [9.17, 15) is 4.79 Å². The van der Waals surface area contributed by atoms with Gasteiger partial charge in [0, 0.05) is 28.4 Å². The number of carbonyl (C=O) groups is 1. The first-order chi connectivity index (χ1) is 12.3. The van der Waals surface area contributed by atoms with Crippen LogP contribution in [0.1, 0.15) is 48.2 Å². The number of amides is 1. The van der Waals surface area contributed by atoms with Gasteiger partial charge in [-0.1, -0.05) is 24.6 Å². The van der Waals surface area contributed by atoms with Crippen molar-refractivity contribution < 1.29 is 4.79 Å². The molecule has 1 aliphatic rings. The molecule has 0 saturated carbocycles.